The van der Waals surface area contributed by atoms with E-state index in [9.17, 15) is 14.7 Å². The van der Waals surface area contributed by atoms with E-state index in [0.717, 1.165) is 25.4 Å². The van der Waals surface area contributed by atoms with Gasteiger partial charge in [-0.25, -0.2) is 0 Å². The quantitative estimate of drug-likeness (QED) is 0.867. The second-order valence-corrected chi connectivity index (χ2v) is 6.08. The monoisotopic (exact) mass is 322 g/mol. The van der Waals surface area contributed by atoms with Crippen LogP contribution in [0.25, 0.3) is 0 Å². The van der Waals surface area contributed by atoms with Crippen LogP contribution in [0.2, 0.25) is 0 Å². The van der Waals surface area contributed by atoms with Gasteiger partial charge in [0.25, 0.3) is 0 Å². The van der Waals surface area contributed by atoms with Crippen LogP contribution in [0.3, 0.4) is 0 Å². The molecule has 7 nitrogen and oxygen atoms in total. The predicted octanol–water partition coefficient (Wildman–Crippen LogP) is 0.894. The van der Waals surface area contributed by atoms with Crippen molar-refractivity contribution in [3.05, 3.63) is 23.7 Å². The van der Waals surface area contributed by atoms with Gasteiger partial charge in [-0.1, -0.05) is 0 Å². The summed E-state index contributed by atoms with van der Waals surface area (Å²) >= 11 is 0. The van der Waals surface area contributed by atoms with Crippen LogP contribution in [0.1, 0.15) is 24.0 Å². The predicted molar refractivity (Wildman–Crippen MR) is 80.9 cm³/mol. The van der Waals surface area contributed by atoms with Crippen molar-refractivity contribution in [3.63, 3.8) is 0 Å². The van der Waals surface area contributed by atoms with Crippen LogP contribution in [0.4, 0.5) is 0 Å². The van der Waals surface area contributed by atoms with Gasteiger partial charge in [-0.05, 0) is 19.1 Å². The van der Waals surface area contributed by atoms with Crippen molar-refractivity contribution in [1.82, 2.24) is 9.80 Å². The van der Waals surface area contributed by atoms with Crippen molar-refractivity contribution in [2.75, 3.05) is 39.4 Å². The van der Waals surface area contributed by atoms with Gasteiger partial charge in [0, 0.05) is 32.6 Å². The van der Waals surface area contributed by atoms with E-state index in [1.165, 1.54) is 0 Å². The lowest BCUT2D eigenvalue weighted by Gasteiger charge is -2.31. The lowest BCUT2D eigenvalue weighted by atomic mass is 9.98. The highest BCUT2D eigenvalue weighted by Gasteiger charge is 2.46. The molecule has 0 radical (unpaired) electrons. The van der Waals surface area contributed by atoms with E-state index in [4.69, 9.17) is 9.15 Å². The van der Waals surface area contributed by atoms with E-state index >= 15 is 0 Å². The summed E-state index contributed by atoms with van der Waals surface area (Å²) in [7, 11) is 0. The number of carbonyl (C=O) groups is 2. The molecule has 2 aliphatic heterocycles. The molecule has 0 aromatic carbocycles. The van der Waals surface area contributed by atoms with Crippen molar-refractivity contribution < 1.29 is 23.8 Å². The number of hydrogen-bond acceptors (Lipinski definition) is 5. The summed E-state index contributed by atoms with van der Waals surface area (Å²) < 4.78 is 10.9. The fourth-order valence-corrected chi connectivity index (χ4v) is 3.31. The number of nitrogens with zero attached hydrogens (tertiary/aromatic N) is 2. The number of rotatable bonds is 5. The maximum Gasteiger partial charge on any atom is 0.309 e. The third-order valence-corrected chi connectivity index (χ3v) is 4.56. The van der Waals surface area contributed by atoms with Gasteiger partial charge in [-0.15, -0.1) is 0 Å². The molecule has 1 aromatic heterocycles. The maximum absolute atomic E-state index is 12.3. The highest BCUT2D eigenvalue weighted by molar-refractivity contribution is 5.87. The number of amides is 1. The Morgan fingerprint density at radius 2 is 2.04 bits per heavy atom. The Hall–Kier alpha value is -1.86. The minimum atomic E-state index is -0.953. The molecule has 0 unspecified atom stereocenters. The zero-order valence-electron chi connectivity index (χ0n) is 13.2. The first-order chi connectivity index (χ1) is 11.1. The summed E-state index contributed by atoms with van der Waals surface area (Å²) in [5.74, 6) is -0.548. The minimum absolute atomic E-state index is 0.0306. The van der Waals surface area contributed by atoms with Crippen LogP contribution >= 0.6 is 0 Å². The van der Waals surface area contributed by atoms with Crippen LogP contribution in [0, 0.1) is 12.8 Å². The molecule has 23 heavy (non-hydrogen) atoms. The van der Waals surface area contributed by atoms with Crippen LogP contribution in [-0.2, 0) is 14.3 Å². The lowest BCUT2D eigenvalue weighted by molar-refractivity contribution is -0.143. The Balaban J connectivity index is 1.75. The number of ether oxygens (including phenoxy) is 1. The first-order valence-electron chi connectivity index (χ1n) is 7.95. The van der Waals surface area contributed by atoms with Gasteiger partial charge in [0.1, 0.15) is 17.6 Å². The zero-order valence-corrected chi connectivity index (χ0v) is 13.2. The number of furan rings is 1. The van der Waals surface area contributed by atoms with E-state index in [1.807, 2.05) is 6.92 Å². The number of hydrogen-bond donors (Lipinski definition) is 1. The Morgan fingerprint density at radius 3 is 2.65 bits per heavy atom. The molecule has 1 amide bonds. The second-order valence-electron chi connectivity index (χ2n) is 6.08. The summed E-state index contributed by atoms with van der Waals surface area (Å²) in [4.78, 5) is 27.8. The SMILES string of the molecule is Cc1ccc([C@@H]2[C@H](C(=O)O)CC(=O)N2CCN2CCOCC2)o1. The molecule has 1 aromatic rings. The third-order valence-electron chi connectivity index (χ3n) is 4.56. The standard InChI is InChI=1S/C16H22N2O5/c1-11-2-3-13(23-11)15-12(16(20)21)10-14(19)18(15)5-4-17-6-8-22-9-7-17/h2-3,12,15H,4-10H2,1H3,(H,20,21)/t12-,15+/m1/s1. The number of aliphatic carboxylic acids is 1. The molecule has 0 bridgehead atoms. The summed E-state index contributed by atoms with van der Waals surface area (Å²) in [6, 6.07) is 3.06. The Bertz CT molecular complexity index is 579. The van der Waals surface area contributed by atoms with Gasteiger partial charge in [-0.3, -0.25) is 14.5 Å². The van der Waals surface area contributed by atoms with Crippen molar-refractivity contribution in [2.24, 2.45) is 5.92 Å². The minimum Gasteiger partial charge on any atom is -0.481 e. The Morgan fingerprint density at radius 1 is 1.30 bits per heavy atom. The third kappa shape index (κ3) is 3.40. The molecule has 7 heteroatoms. The first-order valence-corrected chi connectivity index (χ1v) is 7.95. The van der Waals surface area contributed by atoms with E-state index in [0.29, 0.717) is 25.5 Å². The van der Waals surface area contributed by atoms with Crippen molar-refractivity contribution in [2.45, 2.75) is 19.4 Å². The Kier molecular flexibility index (Phi) is 4.68. The van der Waals surface area contributed by atoms with Crippen molar-refractivity contribution >= 4 is 11.9 Å². The molecule has 0 saturated carbocycles. The number of carbonyl (C=O) groups excluding carboxylic acids is 1. The summed E-state index contributed by atoms with van der Waals surface area (Å²) in [5.41, 5.74) is 0. The molecule has 0 spiro atoms. The highest BCUT2D eigenvalue weighted by atomic mass is 16.5. The van der Waals surface area contributed by atoms with E-state index in [1.54, 1.807) is 17.0 Å². The molecule has 2 saturated heterocycles. The molecule has 2 aliphatic rings. The van der Waals surface area contributed by atoms with Crippen molar-refractivity contribution in [1.29, 1.82) is 0 Å². The molecule has 126 valence electrons. The number of likely N-dealkylation sites (tertiary alicyclic amines) is 1. The summed E-state index contributed by atoms with van der Waals surface area (Å²) in [6.45, 7) is 6.13. The van der Waals surface area contributed by atoms with Crippen LogP contribution < -0.4 is 0 Å². The number of aryl methyl sites for hydroxylation is 1. The normalized spacial score (nSPS) is 26.0. The molecule has 3 rings (SSSR count). The average Bonchev–Trinajstić information content (AvgIpc) is 3.09. The average molecular weight is 322 g/mol. The number of morpholine rings is 1. The second kappa shape index (κ2) is 6.72. The summed E-state index contributed by atoms with van der Waals surface area (Å²) in [5, 5.41) is 9.46. The van der Waals surface area contributed by atoms with Crippen LogP contribution in [0.5, 0.6) is 0 Å². The first kappa shape index (κ1) is 16.0. The molecular weight excluding hydrogens is 300 g/mol. The fourth-order valence-electron chi connectivity index (χ4n) is 3.31. The highest BCUT2D eigenvalue weighted by Crippen LogP contribution is 2.38. The van der Waals surface area contributed by atoms with E-state index < -0.39 is 17.9 Å². The fraction of sp³-hybridized carbons (Fsp3) is 0.625. The van der Waals surface area contributed by atoms with Crippen molar-refractivity contribution in [3.8, 4) is 0 Å². The molecule has 2 atom stereocenters. The molecule has 2 fully saturated rings. The van der Waals surface area contributed by atoms with Crippen LogP contribution in [0.15, 0.2) is 16.5 Å². The molecule has 0 aliphatic carbocycles. The number of carboxylic acids is 1. The molecular formula is C16H22N2O5. The largest absolute Gasteiger partial charge is 0.481 e. The van der Waals surface area contributed by atoms with Gasteiger partial charge in [0.15, 0.2) is 0 Å². The van der Waals surface area contributed by atoms with Crippen LogP contribution in [-0.4, -0.2) is 66.2 Å². The van der Waals surface area contributed by atoms with Gasteiger partial charge < -0.3 is 19.2 Å². The zero-order chi connectivity index (χ0) is 16.4. The maximum atomic E-state index is 12.3. The smallest absolute Gasteiger partial charge is 0.309 e. The summed E-state index contributed by atoms with van der Waals surface area (Å²) in [6.07, 6.45) is 0.0306. The van der Waals surface area contributed by atoms with E-state index in [2.05, 4.69) is 4.90 Å². The van der Waals surface area contributed by atoms with Gasteiger partial charge in [0.2, 0.25) is 5.91 Å². The van der Waals surface area contributed by atoms with Gasteiger partial charge in [0.05, 0.1) is 19.1 Å². The topological polar surface area (TPSA) is 83.2 Å². The number of carboxylic acid groups (broad SMARTS) is 1. The molecule has 1 N–H and O–H groups in total. The lowest BCUT2D eigenvalue weighted by Crippen LogP contribution is -2.42. The molecule has 3 heterocycles. The Labute approximate surface area is 134 Å². The van der Waals surface area contributed by atoms with Gasteiger partial charge >= 0.3 is 5.97 Å². The van der Waals surface area contributed by atoms with Gasteiger partial charge in [-0.2, -0.15) is 0 Å². The van der Waals surface area contributed by atoms with E-state index in [-0.39, 0.29) is 12.3 Å².